The maximum absolute atomic E-state index is 12.0. The molecule has 0 fully saturated rings. The summed E-state index contributed by atoms with van der Waals surface area (Å²) in [6.07, 6.45) is 0.930. The summed E-state index contributed by atoms with van der Waals surface area (Å²) in [5.41, 5.74) is -0.392. The molecule has 0 N–H and O–H groups in total. The Kier molecular flexibility index (Phi) is 6.36. The number of rotatable bonds is 6. The molecule has 0 saturated heterocycles. The van der Waals surface area contributed by atoms with E-state index in [1.54, 1.807) is 13.8 Å². The highest BCUT2D eigenvalue weighted by atomic mass is 19.1. The molecule has 5 heteroatoms. The number of ketones is 1. The molecular formula is C9H13FO4. The first-order valence-electron chi connectivity index (χ1n) is 4.25. The van der Waals surface area contributed by atoms with Crippen LogP contribution in [0.15, 0.2) is 11.8 Å². The van der Waals surface area contributed by atoms with E-state index in [4.69, 9.17) is 4.74 Å². The van der Waals surface area contributed by atoms with Crippen molar-refractivity contribution in [3.8, 4) is 0 Å². The van der Waals surface area contributed by atoms with Crippen LogP contribution in [0.5, 0.6) is 0 Å². The van der Waals surface area contributed by atoms with Gasteiger partial charge in [0.05, 0.1) is 13.2 Å². The van der Waals surface area contributed by atoms with Crippen LogP contribution in [0.1, 0.15) is 13.8 Å². The molecule has 0 aromatic rings. The van der Waals surface area contributed by atoms with E-state index in [2.05, 4.69) is 4.74 Å². The lowest BCUT2D eigenvalue weighted by atomic mass is 10.2. The van der Waals surface area contributed by atoms with Crippen molar-refractivity contribution < 1.29 is 23.5 Å². The summed E-state index contributed by atoms with van der Waals surface area (Å²) in [6, 6.07) is 0. The maximum atomic E-state index is 12.0. The molecule has 0 bridgehead atoms. The molecule has 0 amide bonds. The SMILES string of the molecule is CCOC=C(C(=O)CF)C(=O)OCC. The molecule has 0 aliphatic heterocycles. The zero-order valence-corrected chi connectivity index (χ0v) is 8.21. The van der Waals surface area contributed by atoms with Crippen LogP contribution in [0.3, 0.4) is 0 Å². The van der Waals surface area contributed by atoms with Crippen molar-refractivity contribution in [3.63, 3.8) is 0 Å². The van der Waals surface area contributed by atoms with Gasteiger partial charge < -0.3 is 9.47 Å². The number of hydrogen-bond donors (Lipinski definition) is 0. The first-order chi connectivity index (χ1) is 6.67. The maximum Gasteiger partial charge on any atom is 0.345 e. The van der Waals surface area contributed by atoms with Crippen LogP contribution in [-0.4, -0.2) is 31.6 Å². The topological polar surface area (TPSA) is 52.6 Å². The third-order valence-corrected chi connectivity index (χ3v) is 1.28. The van der Waals surface area contributed by atoms with Gasteiger partial charge in [0, 0.05) is 0 Å². The highest BCUT2D eigenvalue weighted by molar-refractivity contribution is 6.17. The summed E-state index contributed by atoms with van der Waals surface area (Å²) in [5.74, 6) is -1.79. The van der Waals surface area contributed by atoms with Crippen LogP contribution in [0.25, 0.3) is 0 Å². The molecule has 14 heavy (non-hydrogen) atoms. The number of halogens is 1. The van der Waals surface area contributed by atoms with Gasteiger partial charge in [-0.05, 0) is 13.8 Å². The van der Waals surface area contributed by atoms with Crippen LogP contribution in [0.2, 0.25) is 0 Å². The second-order valence-electron chi connectivity index (χ2n) is 2.26. The number of esters is 1. The predicted octanol–water partition coefficient (Wildman–Crippen LogP) is 1.01. The molecule has 0 rings (SSSR count). The summed E-state index contributed by atoms with van der Waals surface area (Å²) in [7, 11) is 0. The van der Waals surface area contributed by atoms with Gasteiger partial charge in [0.1, 0.15) is 11.8 Å². The fraction of sp³-hybridized carbons (Fsp3) is 0.556. The Morgan fingerprint density at radius 1 is 1.29 bits per heavy atom. The Balaban J connectivity index is 4.54. The van der Waals surface area contributed by atoms with Crippen LogP contribution in [-0.2, 0) is 19.1 Å². The molecule has 0 radical (unpaired) electrons. The fourth-order valence-corrected chi connectivity index (χ4v) is 0.675. The Bertz CT molecular complexity index is 235. The molecule has 0 aliphatic carbocycles. The van der Waals surface area contributed by atoms with Crippen molar-refractivity contribution >= 4 is 11.8 Å². The van der Waals surface area contributed by atoms with Crippen LogP contribution >= 0.6 is 0 Å². The molecule has 0 unspecified atom stereocenters. The Labute approximate surface area is 81.7 Å². The monoisotopic (exact) mass is 204 g/mol. The van der Waals surface area contributed by atoms with Crippen LogP contribution in [0, 0.1) is 0 Å². The van der Waals surface area contributed by atoms with Gasteiger partial charge in [0.25, 0.3) is 0 Å². The Hall–Kier alpha value is -1.39. The lowest BCUT2D eigenvalue weighted by Crippen LogP contribution is -2.17. The zero-order valence-electron chi connectivity index (χ0n) is 8.21. The lowest BCUT2D eigenvalue weighted by Gasteiger charge is -2.03. The molecule has 0 aromatic heterocycles. The quantitative estimate of drug-likeness (QED) is 0.213. The number of hydrogen-bond acceptors (Lipinski definition) is 4. The van der Waals surface area contributed by atoms with Gasteiger partial charge in [-0.3, -0.25) is 4.79 Å². The van der Waals surface area contributed by atoms with Crippen molar-refractivity contribution in [2.45, 2.75) is 13.8 Å². The largest absolute Gasteiger partial charge is 0.500 e. The van der Waals surface area contributed by atoms with E-state index in [-0.39, 0.29) is 6.61 Å². The van der Waals surface area contributed by atoms with E-state index in [1.165, 1.54) is 0 Å². The van der Waals surface area contributed by atoms with E-state index >= 15 is 0 Å². The molecule has 0 aliphatic rings. The standard InChI is InChI=1S/C9H13FO4/c1-3-13-6-7(8(11)5-10)9(12)14-4-2/h6H,3-5H2,1-2H3. The summed E-state index contributed by atoms with van der Waals surface area (Å²) >= 11 is 0. The minimum absolute atomic E-state index is 0.127. The van der Waals surface area contributed by atoms with Crippen molar-refractivity contribution in [2.24, 2.45) is 0 Å². The third kappa shape index (κ3) is 4.02. The molecule has 0 spiro atoms. The third-order valence-electron chi connectivity index (χ3n) is 1.28. The van der Waals surface area contributed by atoms with Crippen molar-refractivity contribution in [1.29, 1.82) is 0 Å². The van der Waals surface area contributed by atoms with Gasteiger partial charge in [-0.15, -0.1) is 0 Å². The van der Waals surface area contributed by atoms with Crippen molar-refractivity contribution in [3.05, 3.63) is 11.8 Å². The first-order valence-corrected chi connectivity index (χ1v) is 4.25. The highest BCUT2D eigenvalue weighted by Gasteiger charge is 2.19. The van der Waals surface area contributed by atoms with Gasteiger partial charge >= 0.3 is 5.97 Å². The predicted molar refractivity (Wildman–Crippen MR) is 47.3 cm³/mol. The minimum atomic E-state index is -1.24. The number of carbonyl (C=O) groups excluding carboxylic acids is 2. The Morgan fingerprint density at radius 2 is 1.93 bits per heavy atom. The van der Waals surface area contributed by atoms with Crippen LogP contribution < -0.4 is 0 Å². The molecule has 0 atom stereocenters. The summed E-state index contributed by atoms with van der Waals surface area (Å²) in [5, 5.41) is 0. The van der Waals surface area contributed by atoms with E-state index in [1.807, 2.05) is 0 Å². The van der Waals surface area contributed by atoms with E-state index in [9.17, 15) is 14.0 Å². The highest BCUT2D eigenvalue weighted by Crippen LogP contribution is 2.02. The molecule has 80 valence electrons. The zero-order chi connectivity index (χ0) is 11.0. The number of Topliss-reactive ketones (excluding diaryl/α,β-unsaturated/α-hetero) is 1. The summed E-state index contributed by atoms with van der Waals surface area (Å²) in [6.45, 7) is 2.46. The van der Waals surface area contributed by atoms with Gasteiger partial charge in [0.2, 0.25) is 5.78 Å². The van der Waals surface area contributed by atoms with Crippen LogP contribution in [0.4, 0.5) is 4.39 Å². The molecule has 0 aromatic carbocycles. The van der Waals surface area contributed by atoms with E-state index < -0.39 is 24.0 Å². The van der Waals surface area contributed by atoms with Gasteiger partial charge in [-0.1, -0.05) is 0 Å². The summed E-state index contributed by atoms with van der Waals surface area (Å²) < 4.78 is 21.3. The fourth-order valence-electron chi connectivity index (χ4n) is 0.675. The summed E-state index contributed by atoms with van der Waals surface area (Å²) in [4.78, 5) is 22.0. The first kappa shape index (κ1) is 12.6. The molecular weight excluding hydrogens is 191 g/mol. The minimum Gasteiger partial charge on any atom is -0.500 e. The molecule has 0 saturated carbocycles. The number of ether oxygens (including phenoxy) is 2. The second kappa shape index (κ2) is 7.06. The molecule has 0 heterocycles. The lowest BCUT2D eigenvalue weighted by molar-refractivity contribution is -0.140. The average molecular weight is 204 g/mol. The smallest absolute Gasteiger partial charge is 0.345 e. The molecule has 4 nitrogen and oxygen atoms in total. The number of carbonyl (C=O) groups is 2. The van der Waals surface area contributed by atoms with E-state index in [0.29, 0.717) is 6.61 Å². The Morgan fingerprint density at radius 3 is 2.36 bits per heavy atom. The van der Waals surface area contributed by atoms with Gasteiger partial charge in [-0.25, -0.2) is 9.18 Å². The number of alkyl halides is 1. The van der Waals surface area contributed by atoms with Gasteiger partial charge in [-0.2, -0.15) is 0 Å². The van der Waals surface area contributed by atoms with Crippen molar-refractivity contribution in [2.75, 3.05) is 19.9 Å². The van der Waals surface area contributed by atoms with E-state index in [0.717, 1.165) is 6.26 Å². The second-order valence-corrected chi connectivity index (χ2v) is 2.26. The van der Waals surface area contributed by atoms with Crippen molar-refractivity contribution in [1.82, 2.24) is 0 Å². The average Bonchev–Trinajstić information content (AvgIpc) is 2.18. The van der Waals surface area contributed by atoms with Gasteiger partial charge in [0.15, 0.2) is 6.67 Å². The normalized spacial score (nSPS) is 10.9.